The van der Waals surface area contributed by atoms with Crippen LogP contribution in [0.1, 0.15) is 19.3 Å². The highest BCUT2D eigenvalue weighted by molar-refractivity contribution is 6.30. The number of hydrogen-bond acceptors (Lipinski definition) is 4. The van der Waals surface area contributed by atoms with Crippen molar-refractivity contribution in [2.45, 2.75) is 25.3 Å². The van der Waals surface area contributed by atoms with Crippen LogP contribution >= 0.6 is 24.0 Å². The molecule has 2 saturated heterocycles. The molecule has 2 fully saturated rings. The van der Waals surface area contributed by atoms with Gasteiger partial charge in [-0.1, -0.05) is 11.6 Å². The zero-order valence-corrected chi connectivity index (χ0v) is 15.4. The molecule has 0 bridgehead atoms. The Bertz CT molecular complexity index is 618. The zero-order valence-electron chi connectivity index (χ0n) is 13.9. The first-order valence-corrected chi connectivity index (χ1v) is 8.59. The van der Waals surface area contributed by atoms with Gasteiger partial charge in [0.1, 0.15) is 6.04 Å². The summed E-state index contributed by atoms with van der Waals surface area (Å²) in [6, 6.07) is 6.62. The van der Waals surface area contributed by atoms with Crippen LogP contribution in [0.15, 0.2) is 24.3 Å². The van der Waals surface area contributed by atoms with Crippen molar-refractivity contribution in [1.82, 2.24) is 5.32 Å². The smallest absolute Gasteiger partial charge is 0.249 e. The molecule has 2 aliphatic heterocycles. The monoisotopic (exact) mass is 387 g/mol. The van der Waals surface area contributed by atoms with E-state index >= 15 is 0 Å². The van der Waals surface area contributed by atoms with Crippen molar-refractivity contribution in [3.05, 3.63) is 29.3 Å². The van der Waals surface area contributed by atoms with Crippen LogP contribution < -0.4 is 16.0 Å². The molecule has 6 nitrogen and oxygen atoms in total. The number of benzene rings is 1. The number of nitrogens with two attached hydrogens (primary N) is 1. The molecule has 0 aliphatic carbocycles. The number of nitrogens with zero attached hydrogens (tertiary/aromatic N) is 1. The van der Waals surface area contributed by atoms with E-state index in [1.54, 1.807) is 17.0 Å². The quantitative estimate of drug-likeness (QED) is 0.823. The SMILES string of the molecule is Cl.NCC1(C(=O)NC2CCN(c3ccc(Cl)cc3)C2=O)CCOCC1. The summed E-state index contributed by atoms with van der Waals surface area (Å²) in [4.78, 5) is 27.0. The third-order valence-corrected chi connectivity index (χ3v) is 5.22. The van der Waals surface area contributed by atoms with Gasteiger partial charge in [-0.25, -0.2) is 0 Å². The highest BCUT2D eigenvalue weighted by Gasteiger charge is 2.42. The van der Waals surface area contributed by atoms with Crippen LogP contribution in [0.4, 0.5) is 5.69 Å². The van der Waals surface area contributed by atoms with Gasteiger partial charge in [-0.3, -0.25) is 9.59 Å². The third-order valence-electron chi connectivity index (χ3n) is 4.97. The average molecular weight is 388 g/mol. The van der Waals surface area contributed by atoms with Gasteiger partial charge in [0.05, 0.1) is 5.41 Å². The van der Waals surface area contributed by atoms with E-state index < -0.39 is 11.5 Å². The molecule has 2 aliphatic rings. The lowest BCUT2D eigenvalue weighted by Gasteiger charge is -2.35. The van der Waals surface area contributed by atoms with Crippen LogP contribution in [0.3, 0.4) is 0 Å². The largest absolute Gasteiger partial charge is 0.381 e. The topological polar surface area (TPSA) is 84.7 Å². The van der Waals surface area contributed by atoms with Crippen molar-refractivity contribution in [2.24, 2.45) is 11.1 Å². The minimum atomic E-state index is -0.619. The summed E-state index contributed by atoms with van der Waals surface area (Å²) < 4.78 is 5.33. The van der Waals surface area contributed by atoms with Crippen molar-refractivity contribution in [3.63, 3.8) is 0 Å². The number of nitrogens with one attached hydrogen (secondary N) is 1. The molecule has 138 valence electrons. The van der Waals surface area contributed by atoms with E-state index in [0.717, 1.165) is 5.69 Å². The maximum absolute atomic E-state index is 12.7. The summed E-state index contributed by atoms with van der Waals surface area (Å²) in [5.41, 5.74) is 6.03. The molecule has 2 amide bonds. The fraction of sp³-hybridized carbons (Fsp3) is 0.529. The average Bonchev–Trinajstić information content (AvgIpc) is 2.97. The van der Waals surface area contributed by atoms with Gasteiger partial charge in [0.2, 0.25) is 11.8 Å². The van der Waals surface area contributed by atoms with Gasteiger partial charge in [-0.05, 0) is 43.5 Å². The molecular weight excluding hydrogens is 365 g/mol. The van der Waals surface area contributed by atoms with E-state index in [-0.39, 0.29) is 30.8 Å². The molecule has 1 aromatic carbocycles. The summed E-state index contributed by atoms with van der Waals surface area (Å²) in [6.45, 7) is 1.90. The second-order valence-electron chi connectivity index (χ2n) is 6.38. The third kappa shape index (κ3) is 4.08. The number of rotatable bonds is 4. The second kappa shape index (κ2) is 8.36. The van der Waals surface area contributed by atoms with E-state index in [1.807, 2.05) is 12.1 Å². The van der Waals surface area contributed by atoms with Crippen LogP contribution in [0.25, 0.3) is 0 Å². The first kappa shape index (κ1) is 20.0. The van der Waals surface area contributed by atoms with Crippen molar-refractivity contribution < 1.29 is 14.3 Å². The molecule has 25 heavy (non-hydrogen) atoms. The van der Waals surface area contributed by atoms with Crippen LogP contribution in [0.5, 0.6) is 0 Å². The van der Waals surface area contributed by atoms with E-state index in [4.69, 9.17) is 22.1 Å². The lowest BCUT2D eigenvalue weighted by atomic mass is 9.79. The fourth-order valence-electron chi connectivity index (χ4n) is 3.29. The predicted octanol–water partition coefficient (Wildman–Crippen LogP) is 1.74. The molecule has 3 N–H and O–H groups in total. The van der Waals surface area contributed by atoms with Crippen molar-refractivity contribution >= 4 is 41.5 Å². The van der Waals surface area contributed by atoms with Crippen LogP contribution in [0, 0.1) is 5.41 Å². The molecule has 1 unspecified atom stereocenters. The van der Waals surface area contributed by atoms with Crippen molar-refractivity contribution in [2.75, 3.05) is 31.2 Å². The standard InChI is InChI=1S/C17H22ClN3O3.ClH/c18-12-1-3-13(4-2-12)21-8-5-14(15(21)22)20-16(23)17(11-19)6-9-24-10-7-17;/h1-4,14H,5-11,19H2,(H,20,23);1H. The molecule has 3 rings (SSSR count). The molecule has 0 aromatic heterocycles. The van der Waals surface area contributed by atoms with Gasteiger partial charge < -0.3 is 20.7 Å². The summed E-state index contributed by atoms with van der Waals surface area (Å²) in [6.07, 6.45) is 1.78. The zero-order chi connectivity index (χ0) is 17.2. The number of amides is 2. The Balaban J connectivity index is 0.00000225. The maximum Gasteiger partial charge on any atom is 0.249 e. The first-order chi connectivity index (χ1) is 11.6. The molecule has 2 heterocycles. The molecule has 0 radical (unpaired) electrons. The minimum absolute atomic E-state index is 0. The van der Waals surface area contributed by atoms with E-state index in [9.17, 15) is 9.59 Å². The number of hydrogen-bond donors (Lipinski definition) is 2. The van der Waals surface area contributed by atoms with Crippen LogP contribution in [-0.2, 0) is 14.3 Å². The highest BCUT2D eigenvalue weighted by Crippen LogP contribution is 2.30. The Hall–Kier alpha value is -1.34. The summed E-state index contributed by atoms with van der Waals surface area (Å²) in [5.74, 6) is -0.227. The van der Waals surface area contributed by atoms with Crippen molar-refractivity contribution in [1.29, 1.82) is 0 Å². The van der Waals surface area contributed by atoms with Gasteiger partial charge >= 0.3 is 0 Å². The molecule has 1 aromatic rings. The number of ether oxygens (including phenoxy) is 1. The van der Waals surface area contributed by atoms with E-state index in [2.05, 4.69) is 5.32 Å². The number of halogens is 2. The van der Waals surface area contributed by atoms with Crippen molar-refractivity contribution in [3.8, 4) is 0 Å². The maximum atomic E-state index is 12.7. The molecule has 0 saturated carbocycles. The van der Waals surface area contributed by atoms with Gasteiger partial charge in [0.25, 0.3) is 0 Å². The number of carbonyl (C=O) groups is 2. The van der Waals surface area contributed by atoms with Gasteiger partial charge in [0.15, 0.2) is 0 Å². The second-order valence-corrected chi connectivity index (χ2v) is 6.81. The predicted molar refractivity (Wildman–Crippen MR) is 99.1 cm³/mol. The molecule has 1 atom stereocenters. The molecule has 8 heteroatoms. The summed E-state index contributed by atoms with van der Waals surface area (Å²) >= 11 is 5.89. The molecule has 0 spiro atoms. The number of anilines is 1. The summed E-state index contributed by atoms with van der Waals surface area (Å²) in [5, 5.41) is 3.53. The van der Waals surface area contributed by atoms with Crippen LogP contribution in [-0.4, -0.2) is 44.2 Å². The highest BCUT2D eigenvalue weighted by atomic mass is 35.5. The lowest BCUT2D eigenvalue weighted by Crippen LogP contribution is -2.53. The number of carbonyl (C=O) groups excluding carboxylic acids is 2. The van der Waals surface area contributed by atoms with Crippen LogP contribution in [0.2, 0.25) is 5.02 Å². The van der Waals surface area contributed by atoms with E-state index in [0.29, 0.717) is 44.0 Å². The Morgan fingerprint density at radius 1 is 1.32 bits per heavy atom. The Morgan fingerprint density at radius 3 is 2.56 bits per heavy atom. The van der Waals surface area contributed by atoms with Gasteiger partial charge in [-0.15, -0.1) is 12.4 Å². The van der Waals surface area contributed by atoms with Gasteiger partial charge in [-0.2, -0.15) is 0 Å². The first-order valence-electron chi connectivity index (χ1n) is 8.21. The van der Waals surface area contributed by atoms with Gasteiger partial charge in [0, 0.05) is 37.0 Å². The van der Waals surface area contributed by atoms with E-state index in [1.165, 1.54) is 0 Å². The lowest BCUT2D eigenvalue weighted by molar-refractivity contribution is -0.138. The Morgan fingerprint density at radius 2 is 1.96 bits per heavy atom. The Labute approximate surface area is 158 Å². The minimum Gasteiger partial charge on any atom is -0.381 e. The molecular formula is C17H23Cl2N3O3. The Kier molecular flexibility index (Phi) is 6.68. The fourth-order valence-corrected chi connectivity index (χ4v) is 3.41. The summed E-state index contributed by atoms with van der Waals surface area (Å²) in [7, 11) is 0. The normalized spacial score (nSPS) is 22.4.